The summed E-state index contributed by atoms with van der Waals surface area (Å²) in [7, 11) is 0. The number of nitrogens with zero attached hydrogens (tertiary/aromatic N) is 1. The van der Waals surface area contributed by atoms with E-state index in [0.29, 0.717) is 13.1 Å². The summed E-state index contributed by atoms with van der Waals surface area (Å²) in [6.07, 6.45) is 0. The molecule has 0 aliphatic rings. The largest absolute Gasteiger partial charge is 0.508 e. The highest BCUT2D eigenvalue weighted by Crippen LogP contribution is 2.16. The van der Waals surface area contributed by atoms with Crippen LogP contribution in [0.1, 0.15) is 12.5 Å². The van der Waals surface area contributed by atoms with Crippen LogP contribution in [-0.4, -0.2) is 21.9 Å². The van der Waals surface area contributed by atoms with E-state index in [1.807, 2.05) is 13.0 Å². The lowest BCUT2D eigenvalue weighted by molar-refractivity contribution is -0.0950. The zero-order chi connectivity index (χ0) is 8.97. The van der Waals surface area contributed by atoms with Crippen molar-refractivity contribution in [2.45, 2.75) is 13.5 Å². The Morgan fingerprint density at radius 2 is 2.00 bits per heavy atom. The molecule has 66 valence electrons. The summed E-state index contributed by atoms with van der Waals surface area (Å²) >= 11 is 0. The number of hydroxylamine groups is 2. The molecule has 0 saturated heterocycles. The first-order valence-electron chi connectivity index (χ1n) is 3.94. The average Bonchev–Trinajstić information content (AvgIpc) is 2.09. The Kier molecular flexibility index (Phi) is 3.08. The van der Waals surface area contributed by atoms with Gasteiger partial charge >= 0.3 is 0 Å². The number of aromatic hydroxyl groups is 1. The molecular formula is C9H13NO2. The van der Waals surface area contributed by atoms with Gasteiger partial charge in [-0.25, -0.2) is 0 Å². The third kappa shape index (κ3) is 2.22. The maximum absolute atomic E-state index is 9.32. The molecule has 1 rings (SSSR count). The average molecular weight is 167 g/mol. The second-order valence-corrected chi connectivity index (χ2v) is 2.61. The first-order chi connectivity index (χ1) is 5.74. The monoisotopic (exact) mass is 167 g/mol. The third-order valence-corrected chi connectivity index (χ3v) is 1.71. The van der Waals surface area contributed by atoms with Gasteiger partial charge in [-0.2, -0.15) is 5.06 Å². The third-order valence-electron chi connectivity index (χ3n) is 1.71. The minimum atomic E-state index is 0.227. The Bertz CT molecular complexity index is 250. The highest BCUT2D eigenvalue weighted by molar-refractivity contribution is 5.31. The summed E-state index contributed by atoms with van der Waals surface area (Å²) in [5.74, 6) is 0.227. The minimum Gasteiger partial charge on any atom is -0.508 e. The lowest BCUT2D eigenvalue weighted by Gasteiger charge is -2.12. The fourth-order valence-electron chi connectivity index (χ4n) is 0.953. The van der Waals surface area contributed by atoms with Gasteiger partial charge in [-0.3, -0.25) is 0 Å². The van der Waals surface area contributed by atoms with Crippen LogP contribution in [0.2, 0.25) is 0 Å². The molecule has 12 heavy (non-hydrogen) atoms. The summed E-state index contributed by atoms with van der Waals surface area (Å²) in [6.45, 7) is 2.76. The summed E-state index contributed by atoms with van der Waals surface area (Å²) in [5.41, 5.74) is 0.738. The number of phenolic OH excluding ortho intramolecular Hbond substituents is 1. The normalized spacial score (nSPS) is 10.6. The van der Waals surface area contributed by atoms with E-state index in [1.165, 1.54) is 0 Å². The van der Waals surface area contributed by atoms with Gasteiger partial charge in [-0.1, -0.05) is 25.1 Å². The lowest BCUT2D eigenvalue weighted by Crippen LogP contribution is -2.17. The molecule has 0 saturated carbocycles. The van der Waals surface area contributed by atoms with Gasteiger partial charge in [0.2, 0.25) is 0 Å². The van der Waals surface area contributed by atoms with E-state index in [2.05, 4.69) is 0 Å². The van der Waals surface area contributed by atoms with E-state index in [4.69, 9.17) is 5.21 Å². The van der Waals surface area contributed by atoms with E-state index in [1.54, 1.807) is 18.2 Å². The molecule has 0 aliphatic heterocycles. The molecule has 1 aromatic carbocycles. The van der Waals surface area contributed by atoms with E-state index in [-0.39, 0.29) is 5.75 Å². The lowest BCUT2D eigenvalue weighted by atomic mass is 10.2. The maximum atomic E-state index is 9.32. The quantitative estimate of drug-likeness (QED) is 0.672. The van der Waals surface area contributed by atoms with E-state index in [9.17, 15) is 5.11 Å². The van der Waals surface area contributed by atoms with Gasteiger partial charge in [0.25, 0.3) is 0 Å². The van der Waals surface area contributed by atoms with Gasteiger partial charge in [0, 0.05) is 12.1 Å². The molecule has 0 spiro atoms. The van der Waals surface area contributed by atoms with Gasteiger partial charge in [0.1, 0.15) is 5.75 Å². The summed E-state index contributed by atoms with van der Waals surface area (Å²) < 4.78 is 0. The van der Waals surface area contributed by atoms with Crippen molar-refractivity contribution in [1.29, 1.82) is 0 Å². The Morgan fingerprint density at radius 1 is 1.33 bits per heavy atom. The van der Waals surface area contributed by atoms with Crippen molar-refractivity contribution in [3.63, 3.8) is 0 Å². The van der Waals surface area contributed by atoms with Gasteiger partial charge in [-0.05, 0) is 6.07 Å². The fourth-order valence-corrected chi connectivity index (χ4v) is 0.953. The molecule has 0 amide bonds. The molecule has 0 heterocycles. The predicted octanol–water partition coefficient (Wildman–Crippen LogP) is 1.60. The molecule has 0 aromatic heterocycles. The smallest absolute Gasteiger partial charge is 0.120 e. The van der Waals surface area contributed by atoms with Crippen molar-refractivity contribution < 1.29 is 10.3 Å². The van der Waals surface area contributed by atoms with E-state index in [0.717, 1.165) is 10.6 Å². The van der Waals surface area contributed by atoms with Crippen molar-refractivity contribution in [2.24, 2.45) is 0 Å². The number of hydrogen-bond acceptors (Lipinski definition) is 3. The molecule has 0 bridgehead atoms. The molecule has 3 heteroatoms. The number of hydrogen-bond donors (Lipinski definition) is 2. The first kappa shape index (κ1) is 9.03. The Labute approximate surface area is 71.8 Å². The Morgan fingerprint density at radius 3 is 2.58 bits per heavy atom. The molecular weight excluding hydrogens is 154 g/mol. The summed E-state index contributed by atoms with van der Waals surface area (Å²) in [5, 5.41) is 19.6. The zero-order valence-corrected chi connectivity index (χ0v) is 7.07. The van der Waals surface area contributed by atoms with Gasteiger partial charge in [-0.15, -0.1) is 0 Å². The summed E-state index contributed by atoms with van der Waals surface area (Å²) in [6, 6.07) is 6.98. The SMILES string of the molecule is CCN(O)Cc1ccccc1O. The van der Waals surface area contributed by atoms with Crippen molar-refractivity contribution in [3.8, 4) is 5.75 Å². The van der Waals surface area contributed by atoms with Gasteiger partial charge < -0.3 is 10.3 Å². The minimum absolute atomic E-state index is 0.227. The Hall–Kier alpha value is -1.06. The number of benzene rings is 1. The number of rotatable bonds is 3. The van der Waals surface area contributed by atoms with Crippen LogP contribution in [0.15, 0.2) is 24.3 Å². The second kappa shape index (κ2) is 4.09. The highest BCUT2D eigenvalue weighted by Gasteiger charge is 2.02. The maximum Gasteiger partial charge on any atom is 0.120 e. The molecule has 0 aliphatic carbocycles. The van der Waals surface area contributed by atoms with Crippen LogP contribution < -0.4 is 0 Å². The van der Waals surface area contributed by atoms with Crippen LogP contribution in [0, 0.1) is 0 Å². The highest BCUT2D eigenvalue weighted by atomic mass is 16.5. The van der Waals surface area contributed by atoms with Crippen LogP contribution >= 0.6 is 0 Å². The molecule has 0 fully saturated rings. The first-order valence-corrected chi connectivity index (χ1v) is 3.94. The topological polar surface area (TPSA) is 43.7 Å². The molecule has 0 unspecified atom stereocenters. The predicted molar refractivity (Wildman–Crippen MR) is 46.0 cm³/mol. The van der Waals surface area contributed by atoms with Crippen LogP contribution in [0.4, 0.5) is 0 Å². The van der Waals surface area contributed by atoms with Crippen LogP contribution in [-0.2, 0) is 6.54 Å². The summed E-state index contributed by atoms with van der Waals surface area (Å²) in [4.78, 5) is 0. The van der Waals surface area contributed by atoms with Crippen LogP contribution in [0.3, 0.4) is 0 Å². The molecule has 0 radical (unpaired) electrons. The van der Waals surface area contributed by atoms with Crippen LogP contribution in [0.5, 0.6) is 5.75 Å². The van der Waals surface area contributed by atoms with E-state index < -0.39 is 0 Å². The molecule has 1 aromatic rings. The van der Waals surface area contributed by atoms with Gasteiger partial charge in [0.15, 0.2) is 0 Å². The number of para-hydroxylation sites is 1. The van der Waals surface area contributed by atoms with E-state index >= 15 is 0 Å². The number of phenols is 1. The van der Waals surface area contributed by atoms with Crippen molar-refractivity contribution in [2.75, 3.05) is 6.54 Å². The van der Waals surface area contributed by atoms with Crippen molar-refractivity contribution in [3.05, 3.63) is 29.8 Å². The zero-order valence-electron chi connectivity index (χ0n) is 7.07. The fraction of sp³-hybridized carbons (Fsp3) is 0.333. The van der Waals surface area contributed by atoms with Crippen LogP contribution in [0.25, 0.3) is 0 Å². The molecule has 2 N–H and O–H groups in total. The standard InChI is InChI=1S/C9H13NO2/c1-2-10(12)7-8-5-3-4-6-9(8)11/h3-6,11-12H,2,7H2,1H3. The second-order valence-electron chi connectivity index (χ2n) is 2.61. The van der Waals surface area contributed by atoms with Gasteiger partial charge in [0.05, 0.1) is 6.54 Å². The van der Waals surface area contributed by atoms with Crippen molar-refractivity contribution in [1.82, 2.24) is 5.06 Å². The van der Waals surface area contributed by atoms with Crippen molar-refractivity contribution >= 4 is 0 Å². The molecule has 0 atom stereocenters. The molecule has 3 nitrogen and oxygen atoms in total. The Balaban J connectivity index is 2.69.